The Hall–Kier alpha value is -3.03. The molecule has 0 radical (unpaired) electrons. The van der Waals surface area contributed by atoms with Gasteiger partial charge in [-0.05, 0) is 54.5 Å². The monoisotopic (exact) mass is 475 g/mol. The number of hydrogen-bond donors (Lipinski definition) is 0. The minimum Gasteiger partial charge on any atom is -0.497 e. The van der Waals surface area contributed by atoms with Crippen molar-refractivity contribution >= 4 is 11.6 Å². The SMILES string of the molecule is C=CC[C@]12C[C@@]3(O[C@H](c4ccccn4)N=C3C[C@H](c3ccc(OC)cc3)[C@H]1C)N(CCOC)C2=O. The molecule has 3 aliphatic rings. The number of amides is 1. The van der Waals surface area contributed by atoms with Crippen molar-refractivity contribution in [2.24, 2.45) is 16.3 Å². The van der Waals surface area contributed by atoms with E-state index in [4.69, 9.17) is 19.2 Å². The first-order valence-electron chi connectivity index (χ1n) is 12.2. The third-order valence-electron chi connectivity index (χ3n) is 8.09. The molecule has 1 saturated carbocycles. The van der Waals surface area contributed by atoms with E-state index in [0.29, 0.717) is 32.4 Å². The molecule has 3 heterocycles. The lowest BCUT2D eigenvalue weighted by Crippen LogP contribution is -2.54. The number of ether oxygens (including phenoxy) is 3. The average Bonchev–Trinajstić information content (AvgIpc) is 3.33. The van der Waals surface area contributed by atoms with Crippen molar-refractivity contribution in [3.63, 3.8) is 0 Å². The van der Waals surface area contributed by atoms with Crippen LogP contribution in [0.4, 0.5) is 0 Å². The van der Waals surface area contributed by atoms with Gasteiger partial charge in [-0.3, -0.25) is 14.8 Å². The lowest BCUT2D eigenvalue weighted by atomic mass is 9.66. The Morgan fingerprint density at radius 2 is 2.03 bits per heavy atom. The van der Waals surface area contributed by atoms with Gasteiger partial charge in [0.05, 0.1) is 30.5 Å². The molecule has 1 aromatic carbocycles. The zero-order valence-corrected chi connectivity index (χ0v) is 20.6. The van der Waals surface area contributed by atoms with E-state index >= 15 is 0 Å². The minimum atomic E-state index is -0.906. The maximum atomic E-state index is 14.3. The van der Waals surface area contributed by atoms with Crippen LogP contribution in [0, 0.1) is 11.3 Å². The van der Waals surface area contributed by atoms with Gasteiger partial charge in [-0.2, -0.15) is 0 Å². The Morgan fingerprint density at radius 1 is 1.23 bits per heavy atom. The highest BCUT2D eigenvalue weighted by molar-refractivity contribution is 6.03. The van der Waals surface area contributed by atoms with Crippen LogP contribution in [0.15, 0.2) is 66.3 Å². The van der Waals surface area contributed by atoms with Crippen LogP contribution in [0.3, 0.4) is 0 Å². The van der Waals surface area contributed by atoms with Crippen molar-refractivity contribution in [1.82, 2.24) is 9.88 Å². The van der Waals surface area contributed by atoms with E-state index in [9.17, 15) is 4.79 Å². The fourth-order valence-corrected chi connectivity index (χ4v) is 6.23. The molecule has 1 aromatic heterocycles. The Morgan fingerprint density at radius 3 is 2.69 bits per heavy atom. The van der Waals surface area contributed by atoms with Crippen LogP contribution in [0.1, 0.15) is 49.6 Å². The van der Waals surface area contributed by atoms with Crippen LogP contribution in [0.25, 0.3) is 0 Å². The van der Waals surface area contributed by atoms with Crippen molar-refractivity contribution < 1.29 is 19.0 Å². The van der Waals surface area contributed by atoms with Crippen LogP contribution >= 0.6 is 0 Å². The van der Waals surface area contributed by atoms with E-state index < -0.39 is 17.4 Å². The zero-order valence-electron chi connectivity index (χ0n) is 20.6. The summed E-state index contributed by atoms with van der Waals surface area (Å²) in [6, 6.07) is 13.9. The van der Waals surface area contributed by atoms with E-state index in [1.54, 1.807) is 20.4 Å². The second kappa shape index (κ2) is 9.21. The molecule has 0 N–H and O–H groups in total. The topological polar surface area (TPSA) is 73.2 Å². The Labute approximate surface area is 206 Å². The third-order valence-corrected chi connectivity index (χ3v) is 8.09. The van der Waals surface area contributed by atoms with Crippen molar-refractivity contribution in [2.75, 3.05) is 27.4 Å². The Bertz CT molecular complexity index is 1120. The molecule has 2 fully saturated rings. The molecule has 2 bridgehead atoms. The summed E-state index contributed by atoms with van der Waals surface area (Å²) in [6.45, 7) is 7.10. The molecule has 2 aliphatic heterocycles. The highest BCUT2D eigenvalue weighted by Crippen LogP contribution is 2.61. The number of nitrogens with zero attached hydrogens (tertiary/aromatic N) is 3. The van der Waals surface area contributed by atoms with Gasteiger partial charge < -0.3 is 19.1 Å². The summed E-state index contributed by atoms with van der Waals surface area (Å²) < 4.78 is 17.5. The predicted molar refractivity (Wildman–Crippen MR) is 133 cm³/mol. The number of aromatic nitrogens is 1. The first-order valence-corrected chi connectivity index (χ1v) is 12.2. The molecule has 5 rings (SSSR count). The van der Waals surface area contributed by atoms with Gasteiger partial charge in [0.25, 0.3) is 0 Å². The Balaban J connectivity index is 1.64. The molecule has 35 heavy (non-hydrogen) atoms. The van der Waals surface area contributed by atoms with E-state index in [1.807, 2.05) is 41.3 Å². The highest BCUT2D eigenvalue weighted by atomic mass is 16.6. The third kappa shape index (κ3) is 3.69. The number of likely N-dealkylation sites (tertiary alicyclic amines) is 1. The van der Waals surface area contributed by atoms with Crippen LogP contribution in [-0.2, 0) is 14.3 Å². The lowest BCUT2D eigenvalue weighted by Gasteiger charge is -2.39. The van der Waals surface area contributed by atoms with Crippen molar-refractivity contribution in [3.8, 4) is 5.75 Å². The van der Waals surface area contributed by atoms with Crippen LogP contribution < -0.4 is 4.74 Å². The average molecular weight is 476 g/mol. The molecular formula is C28H33N3O4. The standard InChI is InChI=1S/C28H33N3O4/c1-5-13-27-18-28(31(26(27)32)15-16-33-3)24(30-25(35-28)23-8-6-7-14-29-23)17-22(19(27)2)20-9-11-21(34-4)12-10-20/h5-12,14,19,22,25H,1,13,15-18H2,2-4H3/t19-,22+,25-,27+,28+/m1/s1. The first-order chi connectivity index (χ1) is 17.0. The fourth-order valence-electron chi connectivity index (χ4n) is 6.23. The summed E-state index contributed by atoms with van der Waals surface area (Å²) in [4.78, 5) is 25.7. The van der Waals surface area contributed by atoms with E-state index in [0.717, 1.165) is 17.2 Å². The van der Waals surface area contributed by atoms with Gasteiger partial charge in [0.1, 0.15) is 5.75 Å². The number of pyridine rings is 1. The van der Waals surface area contributed by atoms with Gasteiger partial charge in [0.15, 0.2) is 12.0 Å². The number of methoxy groups -OCH3 is 2. The number of fused-ring (bicyclic) bond motifs is 1. The normalized spacial score (nSPS) is 31.6. The Kier molecular flexibility index (Phi) is 6.23. The van der Waals surface area contributed by atoms with Gasteiger partial charge in [0, 0.05) is 26.3 Å². The molecule has 7 heteroatoms. The maximum Gasteiger partial charge on any atom is 0.232 e. The molecule has 1 spiro atoms. The van der Waals surface area contributed by atoms with Crippen LogP contribution in [0.2, 0.25) is 0 Å². The summed E-state index contributed by atoms with van der Waals surface area (Å²) in [7, 11) is 3.32. The van der Waals surface area contributed by atoms with Gasteiger partial charge >= 0.3 is 0 Å². The smallest absolute Gasteiger partial charge is 0.232 e. The van der Waals surface area contributed by atoms with E-state index in [-0.39, 0.29) is 17.7 Å². The number of benzene rings is 1. The minimum absolute atomic E-state index is 0.0519. The quantitative estimate of drug-likeness (QED) is 0.525. The summed E-state index contributed by atoms with van der Waals surface area (Å²) in [5, 5.41) is 0. The number of carbonyl (C=O) groups is 1. The van der Waals surface area contributed by atoms with Crippen molar-refractivity contribution in [2.45, 2.75) is 44.1 Å². The molecular weight excluding hydrogens is 442 g/mol. The molecule has 184 valence electrons. The number of carbonyl (C=O) groups excluding carboxylic acids is 1. The lowest BCUT2D eigenvalue weighted by molar-refractivity contribution is -0.153. The molecule has 1 aliphatic carbocycles. The maximum absolute atomic E-state index is 14.3. The van der Waals surface area contributed by atoms with E-state index in [2.05, 4.69) is 30.6 Å². The first kappa shape index (κ1) is 23.7. The van der Waals surface area contributed by atoms with Crippen molar-refractivity contribution in [3.05, 3.63) is 72.6 Å². The summed E-state index contributed by atoms with van der Waals surface area (Å²) in [6.07, 6.45) is 4.90. The van der Waals surface area contributed by atoms with Crippen molar-refractivity contribution in [1.29, 1.82) is 0 Å². The van der Waals surface area contributed by atoms with Gasteiger partial charge in [-0.1, -0.05) is 31.2 Å². The van der Waals surface area contributed by atoms with Gasteiger partial charge in [-0.15, -0.1) is 6.58 Å². The molecule has 1 saturated heterocycles. The van der Waals surface area contributed by atoms with E-state index in [1.165, 1.54) is 5.56 Å². The predicted octanol–water partition coefficient (Wildman–Crippen LogP) is 4.52. The molecule has 0 unspecified atom stereocenters. The van der Waals surface area contributed by atoms with Gasteiger partial charge in [-0.25, -0.2) is 0 Å². The number of aliphatic imine (C=N–C) groups is 1. The summed E-state index contributed by atoms with van der Waals surface area (Å²) in [5.41, 5.74) is 1.28. The zero-order chi connectivity index (χ0) is 24.6. The highest BCUT2D eigenvalue weighted by Gasteiger charge is 2.68. The summed E-state index contributed by atoms with van der Waals surface area (Å²) in [5.74, 6) is 1.05. The molecule has 2 aromatic rings. The molecule has 5 atom stereocenters. The number of hydrogen-bond acceptors (Lipinski definition) is 6. The largest absolute Gasteiger partial charge is 0.497 e. The number of allylic oxidation sites excluding steroid dienone is 1. The second-order valence-corrected chi connectivity index (χ2v) is 9.73. The van der Waals surface area contributed by atoms with Gasteiger partial charge in [0.2, 0.25) is 5.91 Å². The van der Waals surface area contributed by atoms with Crippen LogP contribution in [-0.4, -0.2) is 54.6 Å². The number of rotatable bonds is 8. The second-order valence-electron chi connectivity index (χ2n) is 9.73. The fraction of sp³-hybridized carbons (Fsp3) is 0.464. The molecule has 7 nitrogen and oxygen atoms in total. The summed E-state index contributed by atoms with van der Waals surface area (Å²) >= 11 is 0. The van der Waals surface area contributed by atoms with Crippen LogP contribution in [0.5, 0.6) is 5.75 Å². The molecule has 1 amide bonds.